The molecule has 2 aliphatic heterocycles. The number of nitrogens with zero attached hydrogens (tertiary/aromatic N) is 2. The number of anilines is 1. The molecule has 0 spiro atoms. The van der Waals surface area contributed by atoms with Crippen LogP contribution in [0, 0.1) is 0 Å². The summed E-state index contributed by atoms with van der Waals surface area (Å²) in [6, 6.07) is 14.5. The molecule has 4 rings (SSSR count). The first-order valence-electron chi connectivity index (χ1n) is 9.37. The van der Waals surface area contributed by atoms with Crippen molar-refractivity contribution >= 4 is 29.6 Å². The number of carbonyl (C=O) groups is 3. The number of nitrogens with one attached hydrogen (secondary N) is 1. The first-order chi connectivity index (χ1) is 13.6. The highest BCUT2D eigenvalue weighted by molar-refractivity contribution is 6.30. The standard InChI is InChI=1S/C22H21N3O3/c1-2-24-11-10-17-12-16(8-9-19(17)24)13-18-20(26)23-22(28)25(21(18)27)14-15-6-4-3-5-7-15/h3-9,12-13H,2,10-11,14H2,1H3,(H,23,26,28)/b18-13-. The van der Waals surface area contributed by atoms with Gasteiger partial charge in [0, 0.05) is 18.8 Å². The number of fused-ring (bicyclic) bond motifs is 1. The lowest BCUT2D eigenvalue weighted by Gasteiger charge is -2.26. The zero-order valence-corrected chi connectivity index (χ0v) is 15.6. The van der Waals surface area contributed by atoms with Crippen molar-refractivity contribution in [3.63, 3.8) is 0 Å². The van der Waals surface area contributed by atoms with Gasteiger partial charge in [0.1, 0.15) is 5.57 Å². The van der Waals surface area contributed by atoms with Gasteiger partial charge in [-0.1, -0.05) is 36.4 Å². The maximum atomic E-state index is 12.9. The summed E-state index contributed by atoms with van der Waals surface area (Å²) in [6.07, 6.45) is 2.51. The van der Waals surface area contributed by atoms with E-state index >= 15 is 0 Å². The number of barbiturate groups is 1. The van der Waals surface area contributed by atoms with Crippen LogP contribution in [0.3, 0.4) is 0 Å². The normalized spacial score (nSPS) is 17.9. The van der Waals surface area contributed by atoms with E-state index in [1.54, 1.807) is 6.08 Å². The fraction of sp³-hybridized carbons (Fsp3) is 0.227. The van der Waals surface area contributed by atoms with Crippen molar-refractivity contribution in [1.82, 2.24) is 10.2 Å². The molecular formula is C22H21N3O3. The van der Waals surface area contributed by atoms with Crippen molar-refractivity contribution in [3.05, 3.63) is 70.8 Å². The van der Waals surface area contributed by atoms with Gasteiger partial charge >= 0.3 is 6.03 Å². The molecule has 0 aliphatic carbocycles. The summed E-state index contributed by atoms with van der Waals surface area (Å²) in [6.45, 7) is 4.16. The van der Waals surface area contributed by atoms with Crippen molar-refractivity contribution < 1.29 is 14.4 Å². The van der Waals surface area contributed by atoms with Crippen LogP contribution in [-0.2, 0) is 22.6 Å². The molecule has 0 saturated carbocycles. The highest BCUT2D eigenvalue weighted by Gasteiger charge is 2.35. The Labute approximate surface area is 163 Å². The molecule has 1 saturated heterocycles. The molecule has 1 fully saturated rings. The van der Waals surface area contributed by atoms with Crippen LogP contribution >= 0.6 is 0 Å². The maximum absolute atomic E-state index is 12.9. The number of rotatable bonds is 4. The first kappa shape index (κ1) is 18.0. The van der Waals surface area contributed by atoms with E-state index in [1.807, 2.05) is 48.5 Å². The zero-order valence-electron chi connectivity index (χ0n) is 15.6. The summed E-state index contributed by atoms with van der Waals surface area (Å²) in [5.74, 6) is -1.23. The molecule has 2 aliphatic rings. The third-order valence-corrected chi connectivity index (χ3v) is 5.16. The minimum absolute atomic E-state index is 0.0270. The second-order valence-corrected chi connectivity index (χ2v) is 6.91. The lowest BCUT2D eigenvalue weighted by molar-refractivity contribution is -0.130. The molecule has 6 heteroatoms. The van der Waals surface area contributed by atoms with Crippen molar-refractivity contribution in [2.75, 3.05) is 18.0 Å². The second kappa shape index (κ2) is 7.31. The third-order valence-electron chi connectivity index (χ3n) is 5.16. The number of benzene rings is 2. The van der Waals surface area contributed by atoms with Crippen LogP contribution in [0.1, 0.15) is 23.6 Å². The SMILES string of the molecule is CCN1CCc2cc(/C=C3/C(=O)NC(=O)N(Cc4ccccc4)C3=O)ccc21. The molecule has 1 N–H and O–H groups in total. The Morgan fingerprint density at radius 2 is 1.86 bits per heavy atom. The highest BCUT2D eigenvalue weighted by Crippen LogP contribution is 2.29. The Kier molecular flexibility index (Phi) is 4.69. The molecule has 2 aromatic carbocycles. The van der Waals surface area contributed by atoms with E-state index in [-0.39, 0.29) is 12.1 Å². The Hall–Kier alpha value is -3.41. The lowest BCUT2D eigenvalue weighted by atomic mass is 10.0. The lowest BCUT2D eigenvalue weighted by Crippen LogP contribution is -2.53. The van der Waals surface area contributed by atoms with Gasteiger partial charge < -0.3 is 4.90 Å². The maximum Gasteiger partial charge on any atom is 0.331 e. The van der Waals surface area contributed by atoms with E-state index in [9.17, 15) is 14.4 Å². The number of urea groups is 1. The summed E-state index contributed by atoms with van der Waals surface area (Å²) in [5, 5.41) is 2.27. The van der Waals surface area contributed by atoms with Crippen molar-refractivity contribution in [3.8, 4) is 0 Å². The predicted octanol–water partition coefficient (Wildman–Crippen LogP) is 2.73. The Bertz CT molecular complexity index is 982. The van der Waals surface area contributed by atoms with Crippen LogP contribution in [0.25, 0.3) is 6.08 Å². The van der Waals surface area contributed by atoms with Gasteiger partial charge in [0.2, 0.25) is 0 Å². The van der Waals surface area contributed by atoms with Crippen LogP contribution in [0.15, 0.2) is 54.1 Å². The van der Waals surface area contributed by atoms with E-state index in [4.69, 9.17) is 0 Å². The van der Waals surface area contributed by atoms with Gasteiger partial charge in [-0.25, -0.2) is 4.79 Å². The van der Waals surface area contributed by atoms with Gasteiger partial charge in [-0.05, 0) is 48.2 Å². The number of imide groups is 2. The average molecular weight is 375 g/mol. The van der Waals surface area contributed by atoms with E-state index in [0.29, 0.717) is 0 Å². The summed E-state index contributed by atoms with van der Waals surface area (Å²) in [4.78, 5) is 40.7. The van der Waals surface area contributed by atoms with E-state index in [0.717, 1.165) is 35.5 Å². The Balaban J connectivity index is 1.62. The predicted molar refractivity (Wildman–Crippen MR) is 107 cm³/mol. The van der Waals surface area contributed by atoms with Crippen molar-refractivity contribution in [2.24, 2.45) is 0 Å². The Morgan fingerprint density at radius 1 is 1.07 bits per heavy atom. The van der Waals surface area contributed by atoms with Gasteiger partial charge in [0.05, 0.1) is 6.54 Å². The molecule has 0 bridgehead atoms. The molecule has 4 amide bonds. The van der Waals surface area contributed by atoms with Crippen LogP contribution < -0.4 is 10.2 Å². The number of hydrogen-bond acceptors (Lipinski definition) is 4. The number of likely N-dealkylation sites (N-methyl/N-ethyl adjacent to an activating group) is 1. The molecule has 0 atom stereocenters. The molecule has 142 valence electrons. The largest absolute Gasteiger partial charge is 0.371 e. The van der Waals surface area contributed by atoms with E-state index in [1.165, 1.54) is 11.3 Å². The molecule has 0 aromatic heterocycles. The molecular weight excluding hydrogens is 354 g/mol. The van der Waals surface area contributed by atoms with Gasteiger partial charge in [0.25, 0.3) is 11.8 Å². The van der Waals surface area contributed by atoms with Crippen LogP contribution in [0.2, 0.25) is 0 Å². The molecule has 2 aromatic rings. The molecule has 2 heterocycles. The zero-order chi connectivity index (χ0) is 19.7. The minimum Gasteiger partial charge on any atom is -0.371 e. The average Bonchev–Trinajstić information content (AvgIpc) is 3.11. The molecule has 28 heavy (non-hydrogen) atoms. The first-order valence-corrected chi connectivity index (χ1v) is 9.37. The van der Waals surface area contributed by atoms with E-state index < -0.39 is 17.8 Å². The number of carbonyl (C=O) groups excluding carboxylic acids is 3. The Morgan fingerprint density at radius 3 is 2.61 bits per heavy atom. The molecule has 6 nitrogen and oxygen atoms in total. The quantitative estimate of drug-likeness (QED) is 0.659. The van der Waals surface area contributed by atoms with Gasteiger partial charge in [-0.2, -0.15) is 0 Å². The van der Waals surface area contributed by atoms with Gasteiger partial charge in [-0.3, -0.25) is 19.8 Å². The third kappa shape index (κ3) is 3.29. The number of hydrogen-bond donors (Lipinski definition) is 1. The fourth-order valence-corrected chi connectivity index (χ4v) is 3.68. The summed E-state index contributed by atoms with van der Waals surface area (Å²) in [7, 11) is 0. The summed E-state index contributed by atoms with van der Waals surface area (Å²) >= 11 is 0. The van der Waals surface area contributed by atoms with Crippen molar-refractivity contribution in [2.45, 2.75) is 19.9 Å². The highest BCUT2D eigenvalue weighted by atomic mass is 16.2. The second-order valence-electron chi connectivity index (χ2n) is 6.91. The van der Waals surface area contributed by atoms with E-state index in [2.05, 4.69) is 17.1 Å². The van der Waals surface area contributed by atoms with Crippen LogP contribution in [0.5, 0.6) is 0 Å². The fourth-order valence-electron chi connectivity index (χ4n) is 3.68. The molecule has 0 unspecified atom stereocenters. The summed E-state index contributed by atoms with van der Waals surface area (Å²) in [5.41, 5.74) is 3.98. The van der Waals surface area contributed by atoms with Gasteiger partial charge in [0.15, 0.2) is 0 Å². The monoisotopic (exact) mass is 375 g/mol. The topological polar surface area (TPSA) is 69.7 Å². The van der Waals surface area contributed by atoms with Crippen LogP contribution in [-0.4, -0.2) is 35.8 Å². The molecule has 0 radical (unpaired) electrons. The van der Waals surface area contributed by atoms with Crippen LogP contribution in [0.4, 0.5) is 10.5 Å². The van der Waals surface area contributed by atoms with Crippen molar-refractivity contribution in [1.29, 1.82) is 0 Å². The summed E-state index contributed by atoms with van der Waals surface area (Å²) < 4.78 is 0. The minimum atomic E-state index is -0.691. The smallest absolute Gasteiger partial charge is 0.331 e. The van der Waals surface area contributed by atoms with Gasteiger partial charge in [-0.15, -0.1) is 0 Å². The number of amides is 4.